The number of halogens is 1. The van der Waals surface area contributed by atoms with Crippen LogP contribution in [0.3, 0.4) is 0 Å². The second kappa shape index (κ2) is 6.05. The SMILES string of the molecule is COc1cc(C)cc(C)c1CCN(C)C(=O)Br. The first-order valence-electron chi connectivity index (χ1n) is 5.50. The minimum Gasteiger partial charge on any atom is -0.496 e. The summed E-state index contributed by atoms with van der Waals surface area (Å²) < 4.78 is 5.38. The van der Waals surface area contributed by atoms with Crippen LogP contribution in [-0.4, -0.2) is 30.4 Å². The standard InChI is InChI=1S/C13H18BrNO2/c1-9-7-10(2)11(12(8-9)17-4)5-6-15(3)13(14)16/h7-8H,5-6H2,1-4H3. The Kier molecular flexibility index (Phi) is 5.00. The van der Waals surface area contributed by atoms with Gasteiger partial charge in [-0.1, -0.05) is 6.07 Å². The molecule has 1 aromatic carbocycles. The molecular formula is C13H18BrNO2. The van der Waals surface area contributed by atoms with Crippen molar-refractivity contribution < 1.29 is 9.53 Å². The summed E-state index contributed by atoms with van der Waals surface area (Å²) in [7, 11) is 3.45. The number of ether oxygens (including phenoxy) is 1. The van der Waals surface area contributed by atoms with Gasteiger partial charge in [0.25, 0.3) is 4.82 Å². The molecule has 0 saturated carbocycles. The molecule has 94 valence electrons. The third kappa shape index (κ3) is 3.73. The van der Waals surface area contributed by atoms with Crippen LogP contribution in [0.2, 0.25) is 0 Å². The summed E-state index contributed by atoms with van der Waals surface area (Å²) in [6, 6.07) is 4.16. The Hall–Kier alpha value is -1.03. The smallest absolute Gasteiger partial charge is 0.289 e. The van der Waals surface area contributed by atoms with Gasteiger partial charge < -0.3 is 9.64 Å². The Balaban J connectivity index is 2.86. The number of aryl methyl sites for hydroxylation is 2. The number of benzene rings is 1. The molecule has 1 rings (SSSR count). The Morgan fingerprint density at radius 3 is 2.59 bits per heavy atom. The molecule has 0 bridgehead atoms. The van der Waals surface area contributed by atoms with Crippen LogP contribution >= 0.6 is 15.9 Å². The van der Waals surface area contributed by atoms with Gasteiger partial charge in [-0.25, -0.2) is 0 Å². The number of rotatable bonds is 4. The van der Waals surface area contributed by atoms with E-state index in [-0.39, 0.29) is 4.82 Å². The van der Waals surface area contributed by atoms with Crippen molar-refractivity contribution in [1.82, 2.24) is 4.90 Å². The molecular weight excluding hydrogens is 282 g/mol. The van der Waals surface area contributed by atoms with Gasteiger partial charge in [-0.2, -0.15) is 0 Å². The van der Waals surface area contributed by atoms with Crippen molar-refractivity contribution in [3.8, 4) is 5.75 Å². The molecule has 0 N–H and O–H groups in total. The number of amides is 1. The van der Waals surface area contributed by atoms with Gasteiger partial charge >= 0.3 is 0 Å². The Bertz CT molecular complexity index is 418. The summed E-state index contributed by atoms with van der Waals surface area (Å²) >= 11 is 2.93. The average Bonchev–Trinajstić information content (AvgIpc) is 2.26. The summed E-state index contributed by atoms with van der Waals surface area (Å²) in [6.07, 6.45) is 0.795. The van der Waals surface area contributed by atoms with E-state index in [1.54, 1.807) is 19.1 Å². The number of carbonyl (C=O) groups excluding carboxylic acids is 1. The molecule has 1 amide bonds. The minimum atomic E-state index is -0.0961. The summed E-state index contributed by atoms with van der Waals surface area (Å²) in [5, 5.41) is 0. The van der Waals surface area contributed by atoms with Gasteiger partial charge in [-0.3, -0.25) is 4.79 Å². The molecule has 0 radical (unpaired) electrons. The fourth-order valence-electron chi connectivity index (χ4n) is 1.83. The van der Waals surface area contributed by atoms with Gasteiger partial charge in [0.1, 0.15) is 5.75 Å². The first kappa shape index (κ1) is 14.0. The van der Waals surface area contributed by atoms with Crippen molar-refractivity contribution in [3.63, 3.8) is 0 Å². The molecule has 1 aromatic rings. The topological polar surface area (TPSA) is 29.5 Å². The van der Waals surface area contributed by atoms with Crippen LogP contribution < -0.4 is 4.74 Å². The Labute approximate surface area is 111 Å². The number of hydrogen-bond acceptors (Lipinski definition) is 2. The molecule has 3 nitrogen and oxygen atoms in total. The van der Waals surface area contributed by atoms with Gasteiger partial charge in [-0.15, -0.1) is 0 Å². The first-order valence-corrected chi connectivity index (χ1v) is 6.29. The molecule has 0 atom stereocenters. The highest BCUT2D eigenvalue weighted by atomic mass is 79.9. The van der Waals surface area contributed by atoms with Crippen molar-refractivity contribution in [3.05, 3.63) is 28.8 Å². The first-order chi connectivity index (χ1) is 7.95. The van der Waals surface area contributed by atoms with Gasteiger partial charge in [0, 0.05) is 29.5 Å². The van der Waals surface area contributed by atoms with Crippen molar-refractivity contribution in [1.29, 1.82) is 0 Å². The zero-order valence-corrected chi connectivity index (χ0v) is 12.3. The second-order valence-electron chi connectivity index (χ2n) is 4.19. The Morgan fingerprint density at radius 2 is 2.06 bits per heavy atom. The monoisotopic (exact) mass is 299 g/mol. The number of methoxy groups -OCH3 is 1. The highest BCUT2D eigenvalue weighted by Crippen LogP contribution is 2.24. The van der Waals surface area contributed by atoms with Gasteiger partial charge in [0.2, 0.25) is 0 Å². The summed E-state index contributed by atoms with van der Waals surface area (Å²) in [6.45, 7) is 4.79. The maximum absolute atomic E-state index is 11.1. The van der Waals surface area contributed by atoms with Crippen LogP contribution in [0.1, 0.15) is 16.7 Å². The van der Waals surface area contributed by atoms with Crippen molar-refractivity contribution in [2.24, 2.45) is 0 Å². The molecule has 0 aliphatic heterocycles. The molecule has 0 aliphatic carbocycles. The zero-order valence-electron chi connectivity index (χ0n) is 10.7. The van der Waals surface area contributed by atoms with Crippen LogP contribution in [0.5, 0.6) is 5.75 Å². The van der Waals surface area contributed by atoms with E-state index in [9.17, 15) is 4.79 Å². The molecule has 0 unspecified atom stereocenters. The molecule has 0 spiro atoms. The van der Waals surface area contributed by atoms with Gasteiger partial charge in [0.05, 0.1) is 7.11 Å². The van der Waals surface area contributed by atoms with E-state index in [1.807, 2.05) is 13.0 Å². The highest BCUT2D eigenvalue weighted by Gasteiger charge is 2.10. The normalized spacial score (nSPS) is 10.2. The molecule has 0 fully saturated rings. The van der Waals surface area contributed by atoms with E-state index < -0.39 is 0 Å². The average molecular weight is 300 g/mol. The van der Waals surface area contributed by atoms with Crippen LogP contribution in [0, 0.1) is 13.8 Å². The fourth-order valence-corrected chi connectivity index (χ4v) is 2.01. The van der Waals surface area contributed by atoms with E-state index in [1.165, 1.54) is 16.7 Å². The lowest BCUT2D eigenvalue weighted by atomic mass is 10.0. The van der Waals surface area contributed by atoms with E-state index in [0.717, 1.165) is 12.2 Å². The van der Waals surface area contributed by atoms with Crippen molar-refractivity contribution in [2.45, 2.75) is 20.3 Å². The third-order valence-corrected chi connectivity index (χ3v) is 3.40. The largest absolute Gasteiger partial charge is 0.496 e. The lowest BCUT2D eigenvalue weighted by Gasteiger charge is -2.17. The van der Waals surface area contributed by atoms with Gasteiger partial charge in [0.15, 0.2) is 0 Å². The van der Waals surface area contributed by atoms with Crippen LogP contribution in [-0.2, 0) is 6.42 Å². The van der Waals surface area contributed by atoms with Crippen LogP contribution in [0.25, 0.3) is 0 Å². The molecule has 0 aliphatic rings. The van der Waals surface area contributed by atoms with Crippen molar-refractivity contribution in [2.75, 3.05) is 20.7 Å². The zero-order chi connectivity index (χ0) is 13.0. The maximum Gasteiger partial charge on any atom is 0.289 e. The lowest BCUT2D eigenvalue weighted by molar-refractivity contribution is 0.235. The number of carbonyl (C=O) groups is 1. The molecule has 0 saturated heterocycles. The van der Waals surface area contributed by atoms with E-state index >= 15 is 0 Å². The summed E-state index contributed by atoms with van der Waals surface area (Å²) in [5.74, 6) is 0.901. The predicted molar refractivity (Wildman–Crippen MR) is 73.1 cm³/mol. The van der Waals surface area contributed by atoms with E-state index in [4.69, 9.17) is 4.74 Å². The quantitative estimate of drug-likeness (QED) is 0.631. The predicted octanol–water partition coefficient (Wildman–Crippen LogP) is 3.30. The lowest BCUT2D eigenvalue weighted by Crippen LogP contribution is -2.23. The molecule has 4 heteroatoms. The van der Waals surface area contributed by atoms with Crippen LogP contribution in [0.4, 0.5) is 4.79 Å². The Morgan fingerprint density at radius 1 is 1.41 bits per heavy atom. The van der Waals surface area contributed by atoms with Crippen LogP contribution in [0.15, 0.2) is 12.1 Å². The second-order valence-corrected chi connectivity index (χ2v) is 4.87. The number of hydrogen-bond donors (Lipinski definition) is 0. The molecule has 17 heavy (non-hydrogen) atoms. The molecule has 0 heterocycles. The summed E-state index contributed by atoms with van der Waals surface area (Å²) in [4.78, 5) is 12.6. The van der Waals surface area contributed by atoms with E-state index in [2.05, 4.69) is 28.9 Å². The highest BCUT2D eigenvalue weighted by molar-refractivity contribution is 9.18. The fraction of sp³-hybridized carbons (Fsp3) is 0.462. The molecule has 0 aromatic heterocycles. The van der Waals surface area contributed by atoms with Crippen molar-refractivity contribution >= 4 is 20.7 Å². The number of nitrogens with zero attached hydrogens (tertiary/aromatic N) is 1. The minimum absolute atomic E-state index is 0.0961. The van der Waals surface area contributed by atoms with Gasteiger partial charge in [-0.05, 0) is 43.0 Å². The maximum atomic E-state index is 11.1. The number of likely N-dealkylation sites (N-methyl/N-ethyl adjacent to an activating group) is 1. The third-order valence-electron chi connectivity index (χ3n) is 2.79. The van der Waals surface area contributed by atoms with E-state index in [0.29, 0.717) is 6.54 Å². The summed E-state index contributed by atoms with van der Waals surface area (Å²) in [5.41, 5.74) is 3.56.